The zero-order valence-electron chi connectivity index (χ0n) is 15.8. The number of unbranched alkanes of at least 4 members (excludes halogenated alkanes) is 3. The van der Waals surface area contributed by atoms with Gasteiger partial charge in [0.15, 0.2) is 0 Å². The van der Waals surface area contributed by atoms with Crippen LogP contribution in [0.15, 0.2) is 24.3 Å². The number of carbonyl (C=O) groups is 1. The molecule has 1 rings (SSSR count). The van der Waals surface area contributed by atoms with Gasteiger partial charge in [0.2, 0.25) is 0 Å². The Labute approximate surface area is 158 Å². The molecule has 0 N–H and O–H groups in total. The van der Waals surface area contributed by atoms with Crippen LogP contribution in [0.3, 0.4) is 0 Å². The number of carboxylic acids is 1. The summed E-state index contributed by atoms with van der Waals surface area (Å²) in [7, 11) is 0. The van der Waals surface area contributed by atoms with E-state index in [0.717, 1.165) is 24.3 Å². The zero-order chi connectivity index (χ0) is 19.1. The van der Waals surface area contributed by atoms with Crippen molar-refractivity contribution in [3.63, 3.8) is 0 Å². The number of aromatic carboxylic acids is 1. The van der Waals surface area contributed by atoms with Gasteiger partial charge in [-0.25, -0.2) is 0 Å². The van der Waals surface area contributed by atoms with Gasteiger partial charge in [0.05, 0.1) is 10.9 Å². The number of nitro groups is 1. The van der Waals surface area contributed by atoms with E-state index in [1.807, 2.05) is 0 Å². The predicted octanol–water partition coefficient (Wildman–Crippen LogP) is 4.84. The first kappa shape index (κ1) is 23.9. The summed E-state index contributed by atoms with van der Waals surface area (Å²) in [4.78, 5) is 19.7. The molecule has 0 unspecified atom stereocenters. The fraction of sp³-hybridized carbons (Fsp3) is 0.632. The Morgan fingerprint density at radius 1 is 0.920 bits per heavy atom. The molecule has 0 heterocycles. The van der Waals surface area contributed by atoms with Crippen molar-refractivity contribution in [1.82, 2.24) is 0 Å². The summed E-state index contributed by atoms with van der Waals surface area (Å²) in [5.74, 6) is -1.34. The maximum absolute atomic E-state index is 10.2. The van der Waals surface area contributed by atoms with E-state index in [1.165, 1.54) is 38.5 Å². The molecule has 0 aliphatic heterocycles. The van der Waals surface area contributed by atoms with Crippen molar-refractivity contribution < 1.29 is 14.8 Å². The van der Waals surface area contributed by atoms with E-state index in [2.05, 4.69) is 20.8 Å². The van der Waals surface area contributed by atoms with Gasteiger partial charge >= 0.3 is 92.4 Å². The van der Waals surface area contributed by atoms with Gasteiger partial charge in [-0.3, -0.25) is 10.1 Å². The number of benzene rings is 1. The van der Waals surface area contributed by atoms with Crippen LogP contribution in [0, 0.1) is 10.1 Å². The molecule has 0 saturated heterocycles. The second-order valence-corrected chi connectivity index (χ2v) is 14.7. The van der Waals surface area contributed by atoms with Gasteiger partial charge < -0.3 is 9.90 Å². The average Bonchev–Trinajstić information content (AvgIpc) is 2.61. The van der Waals surface area contributed by atoms with Gasteiger partial charge in [-0.2, -0.15) is 0 Å². The van der Waals surface area contributed by atoms with Crippen LogP contribution in [0.5, 0.6) is 0 Å². The first-order valence-corrected chi connectivity index (χ1v) is 15.3. The number of nitrogens with zero attached hydrogens (tertiary/aromatic N) is 1. The van der Waals surface area contributed by atoms with Crippen molar-refractivity contribution in [2.45, 2.75) is 72.6 Å². The topological polar surface area (TPSA) is 83.3 Å². The quantitative estimate of drug-likeness (QED) is 0.271. The number of nitro benzene ring substituents is 1. The Morgan fingerprint density at radius 2 is 1.32 bits per heavy atom. The van der Waals surface area contributed by atoms with E-state index in [1.54, 1.807) is 13.3 Å². The molecular weight excluding hydrogens is 425 g/mol. The summed E-state index contributed by atoms with van der Waals surface area (Å²) in [6, 6.07) is 4.50. The van der Waals surface area contributed by atoms with E-state index in [0.29, 0.717) is 0 Å². The summed E-state index contributed by atoms with van der Waals surface area (Å²) in [6.45, 7) is 7.00. The Hall–Kier alpha value is -1.11. The Balaban J connectivity index is 0.000000462. The fourth-order valence-corrected chi connectivity index (χ4v) is 11.8. The first-order valence-electron chi connectivity index (χ1n) is 9.25. The number of rotatable bonds is 11. The van der Waals surface area contributed by atoms with E-state index >= 15 is 0 Å². The summed E-state index contributed by atoms with van der Waals surface area (Å²) < 4.78 is 5.04. The van der Waals surface area contributed by atoms with Gasteiger partial charge in [-0.15, -0.1) is 0 Å². The van der Waals surface area contributed by atoms with Gasteiger partial charge in [0, 0.05) is 12.1 Å². The molecule has 0 bridgehead atoms. The summed E-state index contributed by atoms with van der Waals surface area (Å²) >= 11 is -0.839. The fourth-order valence-electron chi connectivity index (χ4n) is 2.37. The molecule has 0 amide bonds. The minimum Gasteiger partial charge on any atom is -0.545 e. The first-order chi connectivity index (χ1) is 12.0. The zero-order valence-corrected chi connectivity index (χ0v) is 18.6. The van der Waals surface area contributed by atoms with Crippen molar-refractivity contribution in [2.24, 2.45) is 0 Å². The number of carbonyl (C=O) groups excluding carboxylic acids is 1. The third kappa shape index (κ3) is 12.0. The number of hydrogen-bond donors (Lipinski definition) is 0. The van der Waals surface area contributed by atoms with Crippen molar-refractivity contribution in [2.75, 3.05) is 0 Å². The van der Waals surface area contributed by atoms with Crippen molar-refractivity contribution in [3.05, 3.63) is 39.9 Å². The summed E-state index contributed by atoms with van der Waals surface area (Å²) in [5.41, 5.74) is -0.208. The van der Waals surface area contributed by atoms with Gasteiger partial charge in [0.1, 0.15) is 0 Å². The molecule has 0 atom stereocenters. The molecule has 25 heavy (non-hydrogen) atoms. The molecular formula is C19H31NO4Sn. The molecule has 0 aliphatic carbocycles. The maximum Gasteiger partial charge on any atom is 0.269 e. The molecule has 5 nitrogen and oxygen atoms in total. The molecule has 1 aromatic carbocycles. The number of non-ortho nitro benzene ring substituents is 1. The average molecular weight is 456 g/mol. The minimum atomic E-state index is -1.34. The van der Waals surface area contributed by atoms with Gasteiger partial charge in [-0.05, 0) is 17.7 Å². The molecule has 6 heteroatoms. The van der Waals surface area contributed by atoms with Crippen LogP contribution in [-0.2, 0) is 0 Å². The second kappa shape index (κ2) is 15.2. The van der Waals surface area contributed by atoms with Crippen LogP contribution in [0.2, 0.25) is 13.3 Å². The molecule has 0 saturated carbocycles. The van der Waals surface area contributed by atoms with Gasteiger partial charge in [-0.1, -0.05) is 0 Å². The van der Waals surface area contributed by atoms with E-state index < -0.39 is 30.7 Å². The van der Waals surface area contributed by atoms with E-state index in [9.17, 15) is 20.0 Å². The molecule has 1 aromatic rings. The van der Waals surface area contributed by atoms with Gasteiger partial charge in [0.25, 0.3) is 5.69 Å². The number of carboxylic acid groups (broad SMARTS) is 1. The molecule has 0 radical (unpaired) electrons. The monoisotopic (exact) mass is 457 g/mol. The SMILES string of the molecule is CCC[CH2][Sn+]([CH2]CCC)[CH2]CCC.O=C([O-])c1ccc([N+](=O)[O-])cc1. The number of hydrogen-bond acceptors (Lipinski definition) is 4. The van der Waals surface area contributed by atoms with Crippen molar-refractivity contribution in [3.8, 4) is 0 Å². The third-order valence-corrected chi connectivity index (χ3v) is 13.0. The molecule has 140 valence electrons. The standard InChI is InChI=1S/C7H5NO4.3C4H9.Sn/c9-7(10)5-1-3-6(4-2-5)8(11)12;3*1-3-4-2;/h1-4H,(H,9,10);3*1,3-4H2,2H3;/q;;;;+1/p-1. The van der Waals surface area contributed by atoms with Crippen molar-refractivity contribution in [1.29, 1.82) is 0 Å². The smallest absolute Gasteiger partial charge is 0.269 e. The summed E-state index contributed by atoms with van der Waals surface area (Å²) in [6.07, 6.45) is 8.85. The predicted molar refractivity (Wildman–Crippen MR) is 102 cm³/mol. The molecule has 0 aliphatic rings. The van der Waals surface area contributed by atoms with E-state index in [-0.39, 0.29) is 11.3 Å². The Bertz CT molecular complexity index is 439. The van der Waals surface area contributed by atoms with Crippen molar-refractivity contribution >= 4 is 31.4 Å². The van der Waals surface area contributed by atoms with Crippen LogP contribution in [0.1, 0.15) is 69.7 Å². The van der Waals surface area contributed by atoms with E-state index in [4.69, 9.17) is 0 Å². The van der Waals surface area contributed by atoms with Crippen LogP contribution in [0.4, 0.5) is 5.69 Å². The third-order valence-electron chi connectivity index (χ3n) is 3.97. The van der Waals surface area contributed by atoms with Crippen LogP contribution >= 0.6 is 0 Å². The largest absolute Gasteiger partial charge is 0.545 e. The summed E-state index contributed by atoms with van der Waals surface area (Å²) in [5, 5.41) is 20.3. The Kier molecular flexibility index (Phi) is 14.5. The molecule has 0 fully saturated rings. The molecule has 0 spiro atoms. The normalized spacial score (nSPS) is 9.88. The second-order valence-electron chi connectivity index (χ2n) is 6.15. The maximum atomic E-state index is 10.2. The van der Waals surface area contributed by atoms with Crippen LogP contribution < -0.4 is 5.11 Å². The Morgan fingerprint density at radius 3 is 1.60 bits per heavy atom. The van der Waals surface area contributed by atoms with Crippen LogP contribution in [0.25, 0.3) is 0 Å². The molecule has 0 aromatic heterocycles. The van der Waals surface area contributed by atoms with Crippen LogP contribution in [-0.4, -0.2) is 30.7 Å². The minimum absolute atomic E-state index is 0.0689.